The lowest BCUT2D eigenvalue weighted by atomic mass is 10.2. The maximum absolute atomic E-state index is 12.0. The van der Waals surface area contributed by atoms with Crippen LogP contribution < -0.4 is 5.32 Å². The van der Waals surface area contributed by atoms with Gasteiger partial charge in [-0.15, -0.1) is 11.3 Å². The SMILES string of the molecule is Cc1nc(C(C)C)sc1C(=O)NCc1ccco1. The number of rotatable bonds is 4. The fourth-order valence-corrected chi connectivity index (χ4v) is 2.52. The van der Waals surface area contributed by atoms with Gasteiger partial charge >= 0.3 is 0 Å². The Hall–Kier alpha value is -1.62. The largest absolute Gasteiger partial charge is 0.467 e. The summed E-state index contributed by atoms with van der Waals surface area (Å²) in [6.45, 7) is 6.41. The van der Waals surface area contributed by atoms with Crippen molar-refractivity contribution >= 4 is 17.2 Å². The summed E-state index contributed by atoms with van der Waals surface area (Å²) in [6.07, 6.45) is 1.59. The van der Waals surface area contributed by atoms with Crippen LogP contribution in [0, 0.1) is 6.92 Å². The molecule has 1 amide bonds. The number of aromatic nitrogens is 1. The zero-order valence-corrected chi connectivity index (χ0v) is 11.5. The first-order valence-electron chi connectivity index (χ1n) is 5.86. The Balaban J connectivity index is 2.04. The van der Waals surface area contributed by atoms with Crippen molar-refractivity contribution in [3.05, 3.63) is 39.7 Å². The molecule has 0 fully saturated rings. The molecular formula is C13H16N2O2S. The maximum atomic E-state index is 12.0. The molecule has 0 unspecified atom stereocenters. The number of carbonyl (C=O) groups is 1. The molecule has 0 atom stereocenters. The van der Waals surface area contributed by atoms with E-state index >= 15 is 0 Å². The van der Waals surface area contributed by atoms with E-state index in [1.54, 1.807) is 12.3 Å². The number of hydrogen-bond donors (Lipinski definition) is 1. The third kappa shape index (κ3) is 2.79. The summed E-state index contributed by atoms with van der Waals surface area (Å²) >= 11 is 1.46. The zero-order valence-electron chi connectivity index (χ0n) is 10.7. The average Bonchev–Trinajstić information content (AvgIpc) is 2.94. The van der Waals surface area contributed by atoms with Crippen molar-refractivity contribution in [1.82, 2.24) is 10.3 Å². The molecule has 96 valence electrons. The molecule has 0 aliphatic heterocycles. The lowest BCUT2D eigenvalue weighted by Gasteiger charge is -2.01. The molecule has 0 bridgehead atoms. The van der Waals surface area contributed by atoms with E-state index in [9.17, 15) is 4.79 Å². The Labute approximate surface area is 110 Å². The van der Waals surface area contributed by atoms with Gasteiger partial charge in [-0.1, -0.05) is 13.8 Å². The van der Waals surface area contributed by atoms with Crippen molar-refractivity contribution in [2.45, 2.75) is 33.2 Å². The van der Waals surface area contributed by atoms with Crippen LogP contribution >= 0.6 is 11.3 Å². The molecule has 18 heavy (non-hydrogen) atoms. The number of amides is 1. The van der Waals surface area contributed by atoms with E-state index in [2.05, 4.69) is 24.1 Å². The van der Waals surface area contributed by atoms with Crippen molar-refractivity contribution in [1.29, 1.82) is 0 Å². The highest BCUT2D eigenvalue weighted by Gasteiger charge is 2.16. The van der Waals surface area contributed by atoms with Crippen molar-refractivity contribution in [2.75, 3.05) is 0 Å². The Morgan fingerprint density at radius 1 is 1.56 bits per heavy atom. The molecule has 0 aliphatic carbocycles. The van der Waals surface area contributed by atoms with E-state index in [1.165, 1.54) is 11.3 Å². The number of aryl methyl sites for hydroxylation is 1. The maximum Gasteiger partial charge on any atom is 0.263 e. The van der Waals surface area contributed by atoms with Crippen LogP contribution in [0.25, 0.3) is 0 Å². The van der Waals surface area contributed by atoms with Crippen molar-refractivity contribution in [2.24, 2.45) is 0 Å². The molecule has 2 rings (SSSR count). The van der Waals surface area contributed by atoms with Gasteiger partial charge in [-0.2, -0.15) is 0 Å². The predicted molar refractivity (Wildman–Crippen MR) is 70.8 cm³/mol. The van der Waals surface area contributed by atoms with Crippen molar-refractivity contribution in [3.63, 3.8) is 0 Å². The summed E-state index contributed by atoms with van der Waals surface area (Å²) in [7, 11) is 0. The van der Waals surface area contributed by atoms with Gasteiger partial charge in [0.15, 0.2) is 0 Å². The molecule has 4 nitrogen and oxygen atoms in total. The first-order valence-corrected chi connectivity index (χ1v) is 6.67. The van der Waals surface area contributed by atoms with E-state index in [0.717, 1.165) is 16.5 Å². The monoisotopic (exact) mass is 264 g/mol. The quantitative estimate of drug-likeness (QED) is 0.923. The number of furan rings is 1. The van der Waals surface area contributed by atoms with Crippen LogP contribution in [-0.4, -0.2) is 10.9 Å². The van der Waals surface area contributed by atoms with Crippen LogP contribution in [0.4, 0.5) is 0 Å². The van der Waals surface area contributed by atoms with Crippen LogP contribution in [0.1, 0.15) is 45.9 Å². The van der Waals surface area contributed by atoms with Crippen molar-refractivity contribution < 1.29 is 9.21 Å². The number of thiazole rings is 1. The summed E-state index contributed by atoms with van der Waals surface area (Å²) in [4.78, 5) is 17.1. The van der Waals surface area contributed by atoms with E-state index < -0.39 is 0 Å². The lowest BCUT2D eigenvalue weighted by molar-refractivity contribution is 0.0951. The van der Waals surface area contributed by atoms with Gasteiger partial charge in [0.2, 0.25) is 0 Å². The molecule has 0 aliphatic rings. The van der Waals surface area contributed by atoms with Gasteiger partial charge in [0.1, 0.15) is 10.6 Å². The van der Waals surface area contributed by atoms with E-state index in [0.29, 0.717) is 17.3 Å². The smallest absolute Gasteiger partial charge is 0.263 e. The number of hydrogen-bond acceptors (Lipinski definition) is 4. The second kappa shape index (κ2) is 5.35. The first kappa shape index (κ1) is 12.8. The number of nitrogens with zero attached hydrogens (tertiary/aromatic N) is 1. The Bertz CT molecular complexity index is 529. The topological polar surface area (TPSA) is 55.1 Å². The van der Waals surface area contributed by atoms with E-state index in [-0.39, 0.29) is 5.91 Å². The van der Waals surface area contributed by atoms with Crippen molar-refractivity contribution in [3.8, 4) is 0 Å². The highest BCUT2D eigenvalue weighted by molar-refractivity contribution is 7.13. The normalized spacial score (nSPS) is 10.9. The minimum absolute atomic E-state index is 0.0895. The summed E-state index contributed by atoms with van der Waals surface area (Å²) in [5.41, 5.74) is 0.792. The second-order valence-corrected chi connectivity index (χ2v) is 5.41. The first-order chi connectivity index (χ1) is 8.58. The Morgan fingerprint density at radius 3 is 2.89 bits per heavy atom. The lowest BCUT2D eigenvalue weighted by Crippen LogP contribution is -2.22. The molecule has 2 heterocycles. The Kier molecular flexibility index (Phi) is 3.81. The van der Waals surface area contributed by atoms with Crippen LogP contribution in [0.15, 0.2) is 22.8 Å². The summed E-state index contributed by atoms with van der Waals surface area (Å²) in [5, 5.41) is 3.83. The molecule has 0 spiro atoms. The summed E-state index contributed by atoms with van der Waals surface area (Å²) in [6, 6.07) is 3.63. The van der Waals surface area contributed by atoms with Gasteiger partial charge in [0, 0.05) is 5.92 Å². The van der Waals surface area contributed by atoms with Gasteiger partial charge in [0.05, 0.1) is 23.5 Å². The minimum atomic E-state index is -0.0895. The molecule has 0 aromatic carbocycles. The highest BCUT2D eigenvalue weighted by atomic mass is 32.1. The molecule has 1 N–H and O–H groups in total. The number of nitrogens with one attached hydrogen (secondary N) is 1. The fraction of sp³-hybridized carbons (Fsp3) is 0.385. The van der Waals surface area contributed by atoms with Gasteiger partial charge in [-0.3, -0.25) is 4.79 Å². The van der Waals surface area contributed by atoms with E-state index in [1.807, 2.05) is 13.0 Å². The standard InChI is InChI=1S/C13H16N2O2S/c1-8(2)13-15-9(3)11(18-13)12(16)14-7-10-5-4-6-17-10/h4-6,8H,7H2,1-3H3,(H,14,16). The van der Waals surface area contributed by atoms with Gasteiger partial charge in [-0.25, -0.2) is 4.98 Å². The summed E-state index contributed by atoms with van der Waals surface area (Å²) < 4.78 is 5.17. The molecule has 2 aromatic rings. The van der Waals surface area contributed by atoms with Gasteiger partial charge in [-0.05, 0) is 19.1 Å². The van der Waals surface area contributed by atoms with E-state index in [4.69, 9.17) is 4.42 Å². The summed E-state index contributed by atoms with van der Waals surface area (Å²) in [5.74, 6) is 1.00. The van der Waals surface area contributed by atoms with Gasteiger partial charge < -0.3 is 9.73 Å². The fourth-order valence-electron chi connectivity index (χ4n) is 1.54. The molecule has 2 aromatic heterocycles. The van der Waals surface area contributed by atoms with Crippen LogP contribution in [-0.2, 0) is 6.54 Å². The highest BCUT2D eigenvalue weighted by Crippen LogP contribution is 2.24. The molecule has 0 radical (unpaired) electrons. The van der Waals surface area contributed by atoms with Gasteiger partial charge in [0.25, 0.3) is 5.91 Å². The average molecular weight is 264 g/mol. The third-order valence-corrected chi connectivity index (χ3v) is 3.97. The van der Waals surface area contributed by atoms with Crippen LogP contribution in [0.3, 0.4) is 0 Å². The number of carbonyl (C=O) groups excluding carboxylic acids is 1. The molecular weight excluding hydrogens is 248 g/mol. The second-order valence-electron chi connectivity index (χ2n) is 4.38. The Morgan fingerprint density at radius 2 is 2.33 bits per heavy atom. The van der Waals surface area contributed by atoms with Crippen LogP contribution in [0.2, 0.25) is 0 Å². The zero-order chi connectivity index (χ0) is 13.1. The molecule has 0 saturated carbocycles. The third-order valence-electron chi connectivity index (χ3n) is 2.52. The predicted octanol–water partition coefficient (Wildman–Crippen LogP) is 3.10. The molecule has 0 saturated heterocycles. The minimum Gasteiger partial charge on any atom is -0.467 e. The molecule has 5 heteroatoms. The van der Waals surface area contributed by atoms with Crippen LogP contribution in [0.5, 0.6) is 0 Å².